The molecule has 3 heteroatoms. The molecule has 0 aromatic heterocycles. The van der Waals surface area contributed by atoms with Crippen molar-refractivity contribution in [1.82, 2.24) is 0 Å². The van der Waals surface area contributed by atoms with Crippen molar-refractivity contribution in [3.63, 3.8) is 0 Å². The second-order valence-corrected chi connectivity index (χ2v) is 5.39. The van der Waals surface area contributed by atoms with Gasteiger partial charge in [-0.1, -0.05) is 38.1 Å². The topological polar surface area (TPSA) is 35.2 Å². The van der Waals surface area contributed by atoms with Gasteiger partial charge in [0.1, 0.15) is 17.3 Å². The third-order valence-electron chi connectivity index (χ3n) is 3.75. The summed E-state index contributed by atoms with van der Waals surface area (Å²) >= 11 is 0. The zero-order valence-corrected chi connectivity index (χ0v) is 12.8. The first kappa shape index (κ1) is 15.5. The Hall–Kier alpha value is -1.87. The highest BCUT2D eigenvalue weighted by Gasteiger charge is 2.16. The first-order valence-corrected chi connectivity index (χ1v) is 7.35. The Morgan fingerprint density at radius 3 is 2.38 bits per heavy atom. The van der Waals surface area contributed by atoms with E-state index in [1.54, 1.807) is 19.1 Å². The summed E-state index contributed by atoms with van der Waals surface area (Å²) in [6.45, 7) is 6.04. The van der Waals surface area contributed by atoms with Gasteiger partial charge in [-0.2, -0.15) is 0 Å². The summed E-state index contributed by atoms with van der Waals surface area (Å²) in [6, 6.07) is 12.3. The van der Waals surface area contributed by atoms with Crippen LogP contribution >= 0.6 is 0 Å². The molecule has 0 saturated carbocycles. The molecule has 0 radical (unpaired) electrons. The quantitative estimate of drug-likeness (QED) is 0.825. The van der Waals surface area contributed by atoms with Gasteiger partial charge in [-0.25, -0.2) is 4.39 Å². The van der Waals surface area contributed by atoms with E-state index in [0.717, 1.165) is 17.7 Å². The van der Waals surface area contributed by atoms with Gasteiger partial charge in [0.25, 0.3) is 0 Å². The zero-order chi connectivity index (χ0) is 15.4. The maximum absolute atomic E-state index is 14.0. The number of para-hydroxylation sites is 1. The van der Waals surface area contributed by atoms with E-state index in [2.05, 4.69) is 13.8 Å². The molecule has 112 valence electrons. The van der Waals surface area contributed by atoms with Crippen molar-refractivity contribution in [3.8, 4) is 11.5 Å². The monoisotopic (exact) mass is 287 g/mol. The van der Waals surface area contributed by atoms with Gasteiger partial charge in [0, 0.05) is 11.6 Å². The number of ether oxygens (including phenoxy) is 1. The van der Waals surface area contributed by atoms with Crippen LogP contribution in [0.5, 0.6) is 11.5 Å². The van der Waals surface area contributed by atoms with Crippen LogP contribution < -0.4 is 10.5 Å². The van der Waals surface area contributed by atoms with Crippen molar-refractivity contribution in [2.45, 2.75) is 39.2 Å². The van der Waals surface area contributed by atoms with E-state index in [0.29, 0.717) is 17.2 Å². The van der Waals surface area contributed by atoms with Gasteiger partial charge in [0.05, 0.1) is 0 Å². The van der Waals surface area contributed by atoms with E-state index in [1.807, 2.05) is 24.3 Å². The molecule has 0 aliphatic heterocycles. The van der Waals surface area contributed by atoms with Crippen LogP contribution in [0.4, 0.5) is 4.39 Å². The highest BCUT2D eigenvalue weighted by Crippen LogP contribution is 2.35. The summed E-state index contributed by atoms with van der Waals surface area (Å²) in [5, 5.41) is 0. The SMILES string of the molecule is CCC(C)c1ccccc1Oc1cccc(F)c1[C@H](C)N. The van der Waals surface area contributed by atoms with Gasteiger partial charge in [-0.15, -0.1) is 0 Å². The van der Waals surface area contributed by atoms with E-state index in [9.17, 15) is 4.39 Å². The minimum atomic E-state index is -0.419. The molecule has 0 aliphatic carbocycles. The summed E-state index contributed by atoms with van der Waals surface area (Å²) in [6.07, 6.45) is 1.02. The highest BCUT2D eigenvalue weighted by atomic mass is 19.1. The Kier molecular flexibility index (Phi) is 4.97. The Labute approximate surface area is 125 Å². The lowest BCUT2D eigenvalue weighted by Gasteiger charge is -2.18. The Bertz CT molecular complexity index is 610. The van der Waals surface area contributed by atoms with Gasteiger partial charge in [0.2, 0.25) is 0 Å². The van der Waals surface area contributed by atoms with E-state index in [4.69, 9.17) is 10.5 Å². The van der Waals surface area contributed by atoms with Crippen LogP contribution in [-0.4, -0.2) is 0 Å². The molecule has 2 aromatic rings. The largest absolute Gasteiger partial charge is 0.457 e. The molecule has 0 saturated heterocycles. The minimum absolute atomic E-state index is 0.330. The molecule has 0 aliphatic rings. The normalized spacial score (nSPS) is 13.8. The minimum Gasteiger partial charge on any atom is -0.457 e. The van der Waals surface area contributed by atoms with Crippen molar-refractivity contribution < 1.29 is 9.13 Å². The Morgan fingerprint density at radius 1 is 1.05 bits per heavy atom. The fraction of sp³-hybridized carbons (Fsp3) is 0.333. The maximum Gasteiger partial charge on any atom is 0.135 e. The number of hydrogen-bond acceptors (Lipinski definition) is 2. The molecule has 2 rings (SSSR count). The standard InChI is InChI=1S/C18H22FNO/c1-4-12(2)14-8-5-6-10-16(14)21-17-11-7-9-15(19)18(17)13(3)20/h5-13H,4,20H2,1-3H3/t12?,13-/m0/s1. The molecular formula is C18H22FNO. The van der Waals surface area contributed by atoms with Crippen molar-refractivity contribution in [2.24, 2.45) is 5.73 Å². The fourth-order valence-corrected chi connectivity index (χ4v) is 2.37. The van der Waals surface area contributed by atoms with E-state index in [1.165, 1.54) is 6.07 Å². The Balaban J connectivity index is 2.42. The van der Waals surface area contributed by atoms with Crippen LogP contribution in [0.25, 0.3) is 0 Å². The van der Waals surface area contributed by atoms with Crippen LogP contribution in [0, 0.1) is 5.82 Å². The lowest BCUT2D eigenvalue weighted by Crippen LogP contribution is -2.09. The predicted octanol–water partition coefficient (Wildman–Crippen LogP) is 5.15. The second-order valence-electron chi connectivity index (χ2n) is 5.39. The average molecular weight is 287 g/mol. The van der Waals surface area contributed by atoms with Crippen molar-refractivity contribution in [3.05, 3.63) is 59.4 Å². The van der Waals surface area contributed by atoms with Crippen molar-refractivity contribution in [1.29, 1.82) is 0 Å². The number of nitrogens with two attached hydrogens (primary N) is 1. The number of hydrogen-bond donors (Lipinski definition) is 1. The summed E-state index contributed by atoms with van der Waals surface area (Å²) in [4.78, 5) is 0. The zero-order valence-electron chi connectivity index (χ0n) is 12.8. The maximum atomic E-state index is 14.0. The van der Waals surface area contributed by atoms with Crippen molar-refractivity contribution in [2.75, 3.05) is 0 Å². The lowest BCUT2D eigenvalue weighted by atomic mass is 9.98. The molecular weight excluding hydrogens is 265 g/mol. The lowest BCUT2D eigenvalue weighted by molar-refractivity contribution is 0.451. The van der Waals surface area contributed by atoms with E-state index >= 15 is 0 Å². The molecule has 2 N–H and O–H groups in total. The van der Waals surface area contributed by atoms with Crippen LogP contribution in [-0.2, 0) is 0 Å². The Morgan fingerprint density at radius 2 is 1.71 bits per heavy atom. The molecule has 0 fully saturated rings. The molecule has 0 amide bonds. The molecule has 21 heavy (non-hydrogen) atoms. The van der Waals surface area contributed by atoms with Gasteiger partial charge in [0.15, 0.2) is 0 Å². The summed E-state index contributed by atoms with van der Waals surface area (Å²) < 4.78 is 20.0. The summed E-state index contributed by atoms with van der Waals surface area (Å²) in [5.74, 6) is 1.30. The van der Waals surface area contributed by atoms with E-state index < -0.39 is 6.04 Å². The molecule has 0 spiro atoms. The van der Waals surface area contributed by atoms with E-state index in [-0.39, 0.29) is 5.82 Å². The molecule has 0 heterocycles. The van der Waals surface area contributed by atoms with Crippen LogP contribution in [0.15, 0.2) is 42.5 Å². The number of halogens is 1. The fourth-order valence-electron chi connectivity index (χ4n) is 2.37. The van der Waals surface area contributed by atoms with Gasteiger partial charge in [-0.3, -0.25) is 0 Å². The molecule has 0 bridgehead atoms. The third kappa shape index (κ3) is 3.42. The number of benzene rings is 2. The van der Waals surface area contributed by atoms with Gasteiger partial charge < -0.3 is 10.5 Å². The summed E-state index contributed by atoms with van der Waals surface area (Å²) in [7, 11) is 0. The van der Waals surface area contributed by atoms with Crippen LogP contribution in [0.2, 0.25) is 0 Å². The highest BCUT2D eigenvalue weighted by molar-refractivity contribution is 5.44. The first-order chi connectivity index (χ1) is 10.0. The average Bonchev–Trinajstić information content (AvgIpc) is 2.46. The van der Waals surface area contributed by atoms with Crippen molar-refractivity contribution >= 4 is 0 Å². The first-order valence-electron chi connectivity index (χ1n) is 7.35. The molecule has 2 aromatic carbocycles. The molecule has 2 atom stereocenters. The van der Waals surface area contributed by atoms with Crippen LogP contribution in [0.3, 0.4) is 0 Å². The van der Waals surface area contributed by atoms with Crippen LogP contribution in [0.1, 0.15) is 50.3 Å². The summed E-state index contributed by atoms with van der Waals surface area (Å²) in [5.41, 5.74) is 7.41. The van der Waals surface area contributed by atoms with Gasteiger partial charge in [-0.05, 0) is 43.0 Å². The smallest absolute Gasteiger partial charge is 0.135 e. The molecule has 1 unspecified atom stereocenters. The van der Waals surface area contributed by atoms with Gasteiger partial charge >= 0.3 is 0 Å². The number of rotatable bonds is 5. The predicted molar refractivity (Wildman–Crippen MR) is 84.2 cm³/mol. The third-order valence-corrected chi connectivity index (χ3v) is 3.75. The second kappa shape index (κ2) is 6.72. The molecule has 2 nitrogen and oxygen atoms in total.